The van der Waals surface area contributed by atoms with Crippen molar-refractivity contribution in [3.8, 4) is 10.6 Å². The van der Waals surface area contributed by atoms with E-state index in [1.165, 1.54) is 11.3 Å². The third kappa shape index (κ3) is 3.28. The molecular weight excluding hydrogens is 344 g/mol. The molecule has 0 atom stereocenters. The van der Waals surface area contributed by atoms with Crippen LogP contribution in [0.3, 0.4) is 0 Å². The first kappa shape index (κ1) is 16.9. The van der Waals surface area contributed by atoms with Gasteiger partial charge in [0.15, 0.2) is 5.76 Å². The monoisotopic (exact) mass is 362 g/mol. The van der Waals surface area contributed by atoms with Crippen LogP contribution in [-0.4, -0.2) is 13.6 Å². The Morgan fingerprint density at radius 2 is 1.88 bits per heavy atom. The molecule has 7 heteroatoms. The average molecular weight is 362 g/mol. The second-order valence-electron chi connectivity index (χ2n) is 5.59. The summed E-state index contributed by atoms with van der Waals surface area (Å²) in [6.45, 7) is 5.99. The van der Waals surface area contributed by atoms with Crippen molar-refractivity contribution in [2.45, 2.75) is 31.5 Å². The molecule has 0 radical (unpaired) electrons. The zero-order chi connectivity index (χ0) is 17.3. The molecule has 0 aliphatic heterocycles. The van der Waals surface area contributed by atoms with Gasteiger partial charge in [0.05, 0.1) is 10.6 Å². The molecule has 0 spiro atoms. The Morgan fingerprint density at radius 3 is 2.54 bits per heavy atom. The largest absolute Gasteiger partial charge is 0.355 e. The molecule has 2 heterocycles. The molecule has 0 saturated heterocycles. The van der Waals surface area contributed by atoms with Crippen LogP contribution in [0.2, 0.25) is 0 Å². The first-order valence-electron chi connectivity index (χ1n) is 7.46. The number of aromatic nitrogens is 1. The highest BCUT2D eigenvalue weighted by atomic mass is 32.2. The highest BCUT2D eigenvalue weighted by molar-refractivity contribution is 7.91. The van der Waals surface area contributed by atoms with Crippen molar-refractivity contribution in [3.05, 3.63) is 58.8 Å². The van der Waals surface area contributed by atoms with E-state index in [4.69, 9.17) is 4.52 Å². The molecule has 1 N–H and O–H groups in total. The summed E-state index contributed by atoms with van der Waals surface area (Å²) >= 11 is 1.18. The van der Waals surface area contributed by atoms with Crippen molar-refractivity contribution in [2.75, 3.05) is 0 Å². The molecule has 0 unspecified atom stereocenters. The zero-order valence-corrected chi connectivity index (χ0v) is 15.3. The Balaban J connectivity index is 1.81. The number of thiophene rings is 1. The molecule has 0 aliphatic carbocycles. The van der Waals surface area contributed by atoms with Crippen molar-refractivity contribution in [1.82, 2.24) is 9.88 Å². The van der Waals surface area contributed by atoms with Gasteiger partial charge in [0.25, 0.3) is 0 Å². The minimum atomic E-state index is -3.56. The molecule has 0 bridgehead atoms. The summed E-state index contributed by atoms with van der Waals surface area (Å²) in [5.74, 6) is 0.623. The Morgan fingerprint density at radius 1 is 1.12 bits per heavy atom. The maximum absolute atomic E-state index is 12.5. The van der Waals surface area contributed by atoms with Crippen LogP contribution >= 0.6 is 11.3 Å². The van der Waals surface area contributed by atoms with Crippen molar-refractivity contribution in [1.29, 1.82) is 0 Å². The van der Waals surface area contributed by atoms with Crippen molar-refractivity contribution in [2.24, 2.45) is 0 Å². The second-order valence-corrected chi connectivity index (χ2v) is 8.67. The van der Waals surface area contributed by atoms with Crippen LogP contribution in [0.1, 0.15) is 22.4 Å². The predicted octanol–water partition coefficient (Wildman–Crippen LogP) is 3.81. The van der Waals surface area contributed by atoms with Gasteiger partial charge in [-0.1, -0.05) is 29.4 Å². The van der Waals surface area contributed by atoms with Crippen LogP contribution in [0.15, 0.2) is 45.1 Å². The lowest BCUT2D eigenvalue weighted by Gasteiger charge is -2.07. The fourth-order valence-corrected chi connectivity index (χ4v) is 4.68. The van der Waals surface area contributed by atoms with E-state index in [1.54, 1.807) is 12.1 Å². The molecule has 5 nitrogen and oxygen atoms in total. The lowest BCUT2D eigenvalue weighted by molar-refractivity contribution is 0.427. The molecule has 0 fully saturated rings. The van der Waals surface area contributed by atoms with Crippen LogP contribution in [0.5, 0.6) is 0 Å². The number of aryl methyl sites for hydroxylation is 2. The molecular formula is C17H18N2O3S2. The van der Waals surface area contributed by atoms with Crippen LogP contribution in [0, 0.1) is 20.8 Å². The van der Waals surface area contributed by atoms with Crippen LogP contribution in [0.25, 0.3) is 10.6 Å². The van der Waals surface area contributed by atoms with Crippen LogP contribution < -0.4 is 4.72 Å². The lowest BCUT2D eigenvalue weighted by atomic mass is 10.1. The Bertz CT molecular complexity index is 971. The molecule has 0 saturated carbocycles. The Hall–Kier alpha value is -1.96. The molecule has 3 rings (SSSR count). The molecule has 1 aromatic carbocycles. The smallest absolute Gasteiger partial charge is 0.250 e. The quantitative estimate of drug-likeness (QED) is 0.749. The van der Waals surface area contributed by atoms with Gasteiger partial charge in [0.1, 0.15) is 4.21 Å². The fourth-order valence-electron chi connectivity index (χ4n) is 2.28. The molecule has 0 amide bonds. The van der Waals surface area contributed by atoms with Gasteiger partial charge in [-0.3, -0.25) is 0 Å². The van der Waals surface area contributed by atoms with Crippen molar-refractivity contribution < 1.29 is 12.9 Å². The predicted molar refractivity (Wildman–Crippen MR) is 94.5 cm³/mol. The third-order valence-corrected chi connectivity index (χ3v) is 6.92. The average Bonchev–Trinajstić information content (AvgIpc) is 3.15. The second kappa shape index (κ2) is 6.51. The summed E-state index contributed by atoms with van der Waals surface area (Å²) in [6, 6.07) is 11.0. The molecule has 24 heavy (non-hydrogen) atoms. The highest BCUT2D eigenvalue weighted by Crippen LogP contribution is 2.33. The summed E-state index contributed by atoms with van der Waals surface area (Å²) in [5.41, 5.74) is 3.74. The number of rotatable bonds is 5. The first-order valence-corrected chi connectivity index (χ1v) is 9.75. The number of sulfonamides is 1. The number of hydrogen-bond acceptors (Lipinski definition) is 5. The number of nitrogens with one attached hydrogen (secondary N) is 1. The van der Waals surface area contributed by atoms with E-state index in [0.717, 1.165) is 27.3 Å². The fraction of sp³-hybridized carbons (Fsp3) is 0.235. The number of benzene rings is 1. The summed E-state index contributed by atoms with van der Waals surface area (Å²) in [7, 11) is -3.56. The van der Waals surface area contributed by atoms with Gasteiger partial charge in [-0.25, -0.2) is 13.1 Å². The summed E-state index contributed by atoms with van der Waals surface area (Å²) < 4.78 is 33.2. The van der Waals surface area contributed by atoms with Crippen molar-refractivity contribution >= 4 is 21.4 Å². The van der Waals surface area contributed by atoms with E-state index in [0.29, 0.717) is 5.76 Å². The van der Waals surface area contributed by atoms with Gasteiger partial charge in [-0.15, -0.1) is 11.3 Å². The van der Waals surface area contributed by atoms with E-state index < -0.39 is 10.0 Å². The number of nitrogens with zero attached hydrogens (tertiary/aromatic N) is 1. The van der Waals surface area contributed by atoms with E-state index >= 15 is 0 Å². The van der Waals surface area contributed by atoms with E-state index in [9.17, 15) is 8.42 Å². The van der Waals surface area contributed by atoms with Gasteiger partial charge < -0.3 is 4.52 Å². The molecule has 3 aromatic rings. The van der Waals surface area contributed by atoms with E-state index in [-0.39, 0.29) is 10.8 Å². The van der Waals surface area contributed by atoms with E-state index in [2.05, 4.69) is 9.88 Å². The summed E-state index contributed by atoms with van der Waals surface area (Å²) in [6.07, 6.45) is 0. The zero-order valence-electron chi connectivity index (χ0n) is 13.7. The molecule has 2 aromatic heterocycles. The third-order valence-electron chi connectivity index (χ3n) is 3.94. The lowest BCUT2D eigenvalue weighted by Crippen LogP contribution is -2.22. The van der Waals surface area contributed by atoms with Gasteiger partial charge in [0, 0.05) is 12.1 Å². The minimum absolute atomic E-state index is 0.263. The van der Waals surface area contributed by atoms with Gasteiger partial charge in [-0.05, 0) is 44.0 Å². The molecule has 126 valence electrons. The Labute approximate surface area is 145 Å². The SMILES string of the molecule is Cc1ccccc1CNS(=O)(=O)c1ccc(-c2onc(C)c2C)s1. The maximum Gasteiger partial charge on any atom is 0.250 e. The van der Waals surface area contributed by atoms with E-state index in [1.807, 2.05) is 45.0 Å². The summed E-state index contributed by atoms with van der Waals surface area (Å²) in [5, 5.41) is 3.92. The number of hydrogen-bond donors (Lipinski definition) is 1. The maximum atomic E-state index is 12.5. The van der Waals surface area contributed by atoms with Gasteiger partial charge in [-0.2, -0.15) is 0 Å². The minimum Gasteiger partial charge on any atom is -0.355 e. The normalized spacial score (nSPS) is 11.8. The van der Waals surface area contributed by atoms with Crippen molar-refractivity contribution in [3.63, 3.8) is 0 Å². The molecule has 0 aliphatic rings. The standard InChI is InChI=1S/C17H18N2O3S2/c1-11-6-4-5-7-14(11)10-18-24(20,21)16-9-8-15(23-16)17-12(2)13(3)19-22-17/h4-9,18H,10H2,1-3H3. The first-order chi connectivity index (χ1) is 11.4. The van der Waals surface area contributed by atoms with Crippen LogP contribution in [-0.2, 0) is 16.6 Å². The van der Waals surface area contributed by atoms with Crippen LogP contribution in [0.4, 0.5) is 0 Å². The highest BCUT2D eigenvalue weighted by Gasteiger charge is 2.20. The van der Waals surface area contributed by atoms with Gasteiger partial charge in [0.2, 0.25) is 10.0 Å². The summed E-state index contributed by atoms with van der Waals surface area (Å²) in [4.78, 5) is 0.754. The van der Waals surface area contributed by atoms with Gasteiger partial charge >= 0.3 is 0 Å². The topological polar surface area (TPSA) is 72.2 Å². The Kier molecular flexibility index (Phi) is 4.58.